The maximum absolute atomic E-state index is 12.0. The van der Waals surface area contributed by atoms with Gasteiger partial charge >= 0.3 is 5.97 Å². The molecule has 1 aromatic carbocycles. The summed E-state index contributed by atoms with van der Waals surface area (Å²) in [4.78, 5) is 23.6. The highest BCUT2D eigenvalue weighted by atomic mass is 16.6. The van der Waals surface area contributed by atoms with E-state index in [2.05, 4.69) is 0 Å². The summed E-state index contributed by atoms with van der Waals surface area (Å²) in [6, 6.07) is 6.48. The van der Waals surface area contributed by atoms with E-state index in [1.807, 2.05) is 6.07 Å². The van der Waals surface area contributed by atoms with Crippen molar-refractivity contribution in [3.63, 3.8) is 0 Å². The van der Waals surface area contributed by atoms with E-state index in [1.54, 1.807) is 19.1 Å². The van der Waals surface area contributed by atoms with Crippen molar-refractivity contribution in [2.75, 3.05) is 13.2 Å². The summed E-state index contributed by atoms with van der Waals surface area (Å²) in [5.41, 5.74) is 0.979. The third-order valence-electron chi connectivity index (χ3n) is 3.86. The predicted octanol–water partition coefficient (Wildman–Crippen LogP) is 1.10. The number of hydrogen-bond donors (Lipinski definition) is 1. The second-order valence-electron chi connectivity index (χ2n) is 5.31. The number of nitrogens with one attached hydrogen (secondary N) is 1. The predicted molar refractivity (Wildman–Crippen MR) is 76.9 cm³/mol. The number of nitro groups is 1. The highest BCUT2D eigenvalue weighted by molar-refractivity contribution is 5.74. The summed E-state index contributed by atoms with van der Waals surface area (Å²) in [7, 11) is 0. The largest absolute Gasteiger partial charge is 0.462 e. The van der Waals surface area contributed by atoms with Gasteiger partial charge in [-0.1, -0.05) is 12.1 Å². The monoisotopic (exact) mass is 293 g/mol. The Hall–Kier alpha value is -1.95. The average Bonchev–Trinajstić information content (AvgIpc) is 2.48. The Morgan fingerprint density at radius 1 is 1.48 bits per heavy atom. The van der Waals surface area contributed by atoms with Crippen molar-refractivity contribution in [1.82, 2.24) is 0 Å². The van der Waals surface area contributed by atoms with E-state index >= 15 is 0 Å². The summed E-state index contributed by atoms with van der Waals surface area (Å²) in [6.45, 7) is 3.71. The highest BCUT2D eigenvalue weighted by Crippen LogP contribution is 2.13. The van der Waals surface area contributed by atoms with Crippen LogP contribution in [0.25, 0.3) is 0 Å². The van der Waals surface area contributed by atoms with Gasteiger partial charge in [0.1, 0.15) is 6.54 Å². The first-order valence-corrected chi connectivity index (χ1v) is 7.36. The molecule has 0 saturated carbocycles. The molecule has 1 unspecified atom stereocenters. The molecular formula is C15H21N2O4+. The van der Waals surface area contributed by atoms with Crippen LogP contribution in [0.2, 0.25) is 0 Å². The number of carbonyl (C=O) groups excluding carboxylic acids is 1. The number of ether oxygens (including phenoxy) is 1. The molecule has 0 radical (unpaired) electrons. The van der Waals surface area contributed by atoms with Crippen LogP contribution in [0.4, 0.5) is 5.69 Å². The van der Waals surface area contributed by atoms with Crippen molar-refractivity contribution in [2.45, 2.75) is 38.8 Å². The van der Waals surface area contributed by atoms with E-state index in [9.17, 15) is 14.9 Å². The molecule has 1 saturated heterocycles. The van der Waals surface area contributed by atoms with Gasteiger partial charge in [0, 0.05) is 24.1 Å². The molecule has 0 amide bonds. The Morgan fingerprint density at radius 2 is 2.29 bits per heavy atom. The first-order chi connectivity index (χ1) is 10.1. The Bertz CT molecular complexity index is 518. The number of nitrogens with zero attached hydrogens (tertiary/aromatic N) is 1. The van der Waals surface area contributed by atoms with Crippen molar-refractivity contribution in [2.24, 2.45) is 0 Å². The number of carbonyl (C=O) groups is 1. The molecule has 114 valence electrons. The fourth-order valence-corrected chi connectivity index (χ4v) is 2.86. The Labute approximate surface area is 123 Å². The normalized spacial score (nSPS) is 21.8. The second kappa shape index (κ2) is 7.17. The van der Waals surface area contributed by atoms with Crippen molar-refractivity contribution < 1.29 is 19.4 Å². The quantitative estimate of drug-likeness (QED) is 0.501. The van der Waals surface area contributed by atoms with Gasteiger partial charge in [0.05, 0.1) is 18.1 Å². The van der Waals surface area contributed by atoms with Gasteiger partial charge in [0.15, 0.2) is 6.04 Å². The number of piperidine rings is 1. The minimum atomic E-state index is -0.391. The van der Waals surface area contributed by atoms with Crippen molar-refractivity contribution in [3.05, 3.63) is 39.9 Å². The molecule has 1 aliphatic rings. The highest BCUT2D eigenvalue weighted by Gasteiger charge is 2.33. The van der Waals surface area contributed by atoms with Gasteiger partial charge in [-0.15, -0.1) is 0 Å². The van der Waals surface area contributed by atoms with E-state index in [0.29, 0.717) is 13.2 Å². The zero-order valence-electron chi connectivity index (χ0n) is 12.2. The lowest BCUT2D eigenvalue weighted by molar-refractivity contribution is -0.935. The summed E-state index contributed by atoms with van der Waals surface area (Å²) in [5, 5.41) is 10.8. The Morgan fingerprint density at radius 3 is 3.00 bits per heavy atom. The molecule has 1 aliphatic heterocycles. The van der Waals surface area contributed by atoms with Crippen LogP contribution in [0.15, 0.2) is 24.3 Å². The van der Waals surface area contributed by atoms with E-state index in [0.717, 1.165) is 36.3 Å². The lowest BCUT2D eigenvalue weighted by atomic mass is 10.0. The fraction of sp³-hybridized carbons (Fsp3) is 0.533. The van der Waals surface area contributed by atoms with Gasteiger partial charge < -0.3 is 9.64 Å². The Kier molecular flexibility index (Phi) is 5.27. The zero-order valence-corrected chi connectivity index (χ0v) is 12.2. The number of nitro benzene ring substituents is 1. The maximum atomic E-state index is 12.0. The van der Waals surface area contributed by atoms with Gasteiger partial charge in [-0.3, -0.25) is 10.1 Å². The zero-order chi connectivity index (χ0) is 15.2. The molecule has 0 aromatic heterocycles. The molecule has 1 aromatic rings. The van der Waals surface area contributed by atoms with Crippen LogP contribution >= 0.6 is 0 Å². The van der Waals surface area contributed by atoms with Gasteiger partial charge in [-0.2, -0.15) is 0 Å². The van der Waals surface area contributed by atoms with E-state index < -0.39 is 4.92 Å². The van der Waals surface area contributed by atoms with Crippen molar-refractivity contribution in [3.8, 4) is 0 Å². The number of benzene rings is 1. The van der Waals surface area contributed by atoms with E-state index in [1.165, 1.54) is 6.07 Å². The van der Waals surface area contributed by atoms with Gasteiger partial charge in [0.25, 0.3) is 5.69 Å². The van der Waals surface area contributed by atoms with Crippen molar-refractivity contribution >= 4 is 11.7 Å². The molecular weight excluding hydrogens is 272 g/mol. The Balaban J connectivity index is 2.10. The number of rotatable bonds is 5. The topological polar surface area (TPSA) is 73.9 Å². The minimum Gasteiger partial charge on any atom is -0.462 e. The molecule has 2 rings (SSSR count). The van der Waals surface area contributed by atoms with Crippen LogP contribution < -0.4 is 4.90 Å². The first kappa shape index (κ1) is 15.4. The maximum Gasteiger partial charge on any atom is 0.364 e. The van der Waals surface area contributed by atoms with Crippen LogP contribution in [-0.4, -0.2) is 30.1 Å². The minimum absolute atomic E-state index is 0.0941. The molecule has 0 spiro atoms. The fourth-order valence-electron chi connectivity index (χ4n) is 2.86. The lowest BCUT2D eigenvalue weighted by Crippen LogP contribution is -3.16. The molecule has 1 N–H and O–H groups in total. The van der Waals surface area contributed by atoms with Crippen LogP contribution in [0.1, 0.15) is 31.7 Å². The van der Waals surface area contributed by atoms with Crippen LogP contribution in [0.3, 0.4) is 0 Å². The van der Waals surface area contributed by atoms with Gasteiger partial charge in [-0.25, -0.2) is 4.79 Å². The van der Waals surface area contributed by atoms with Crippen LogP contribution in [0, 0.1) is 10.1 Å². The summed E-state index contributed by atoms with van der Waals surface area (Å²) < 4.78 is 5.14. The molecule has 0 aliphatic carbocycles. The number of likely N-dealkylation sites (tertiary alicyclic amines) is 1. The number of esters is 1. The van der Waals surface area contributed by atoms with Crippen LogP contribution in [0.5, 0.6) is 0 Å². The average molecular weight is 293 g/mol. The van der Waals surface area contributed by atoms with Crippen LogP contribution in [-0.2, 0) is 16.1 Å². The first-order valence-electron chi connectivity index (χ1n) is 7.36. The molecule has 6 nitrogen and oxygen atoms in total. The van der Waals surface area contributed by atoms with Gasteiger partial charge in [-0.05, 0) is 19.8 Å². The molecule has 1 heterocycles. The molecule has 2 atom stereocenters. The SMILES string of the molecule is CCOC(=O)[C@H]1CCCC[NH+]1Cc1cccc([N+](=O)[O-])c1. The third-order valence-corrected chi connectivity index (χ3v) is 3.86. The summed E-state index contributed by atoms with van der Waals surface area (Å²) >= 11 is 0. The molecule has 21 heavy (non-hydrogen) atoms. The molecule has 6 heteroatoms. The standard InChI is InChI=1S/C15H20N2O4/c1-2-21-15(18)14-8-3-4-9-16(14)11-12-6-5-7-13(10-12)17(19)20/h5-7,10,14H,2-4,8-9,11H2,1H3/p+1/t14-/m1/s1. The number of quaternary nitrogens is 1. The number of hydrogen-bond acceptors (Lipinski definition) is 4. The summed E-state index contributed by atoms with van der Waals surface area (Å²) in [5.74, 6) is -0.155. The van der Waals surface area contributed by atoms with Gasteiger partial charge in [0.2, 0.25) is 0 Å². The smallest absolute Gasteiger partial charge is 0.364 e. The number of non-ortho nitro benzene ring substituents is 1. The summed E-state index contributed by atoms with van der Waals surface area (Å²) in [6.07, 6.45) is 2.92. The van der Waals surface area contributed by atoms with Crippen molar-refractivity contribution in [1.29, 1.82) is 0 Å². The third kappa shape index (κ3) is 4.01. The van der Waals surface area contributed by atoms with E-state index in [4.69, 9.17) is 4.74 Å². The second-order valence-corrected chi connectivity index (χ2v) is 5.31. The van der Waals surface area contributed by atoms with E-state index in [-0.39, 0.29) is 17.7 Å². The molecule has 0 bridgehead atoms. The lowest BCUT2D eigenvalue weighted by Gasteiger charge is -2.30. The molecule has 1 fully saturated rings.